The molecule has 1 aromatic heterocycles. The summed E-state index contributed by atoms with van der Waals surface area (Å²) >= 11 is 0. The van der Waals surface area contributed by atoms with Gasteiger partial charge in [0.25, 0.3) is 0 Å². The average molecular weight is 443 g/mol. The van der Waals surface area contributed by atoms with Crippen LogP contribution in [0.4, 0.5) is 18.9 Å². The normalized spacial score (nSPS) is 24.1. The summed E-state index contributed by atoms with van der Waals surface area (Å²) in [6.07, 6.45) is 2.59. The summed E-state index contributed by atoms with van der Waals surface area (Å²) < 4.78 is 44.2. The summed E-state index contributed by atoms with van der Waals surface area (Å²) in [5.74, 6) is -0.149. The van der Waals surface area contributed by atoms with E-state index >= 15 is 0 Å². The number of alkyl halides is 3. The van der Waals surface area contributed by atoms with Gasteiger partial charge in [0.15, 0.2) is 0 Å². The van der Waals surface area contributed by atoms with Crippen molar-refractivity contribution in [1.29, 1.82) is 0 Å². The molecule has 1 unspecified atom stereocenters. The number of pyridine rings is 1. The van der Waals surface area contributed by atoms with E-state index in [1.54, 1.807) is 0 Å². The van der Waals surface area contributed by atoms with E-state index in [1.165, 1.54) is 11.4 Å². The molecule has 0 spiro atoms. The van der Waals surface area contributed by atoms with Gasteiger partial charge in [0.05, 0.1) is 16.9 Å². The van der Waals surface area contributed by atoms with Crippen LogP contribution in [0.1, 0.15) is 63.6 Å². The Hall–Kier alpha value is -1.87. The number of halogens is 3. The van der Waals surface area contributed by atoms with Crippen LogP contribution >= 0.6 is 0 Å². The molecule has 0 aromatic carbocycles. The summed E-state index contributed by atoms with van der Waals surface area (Å²) in [4.78, 5) is 16.8. The lowest BCUT2D eigenvalue weighted by Crippen LogP contribution is -2.45. The highest BCUT2D eigenvalue weighted by Crippen LogP contribution is 2.34. The predicted octanol–water partition coefficient (Wildman–Crippen LogP) is 4.17. The van der Waals surface area contributed by atoms with Crippen molar-refractivity contribution in [2.45, 2.75) is 77.1 Å². The summed E-state index contributed by atoms with van der Waals surface area (Å²) in [5.41, 5.74) is 2.88. The van der Waals surface area contributed by atoms with Crippen molar-refractivity contribution in [1.82, 2.24) is 15.3 Å². The van der Waals surface area contributed by atoms with E-state index in [2.05, 4.69) is 29.6 Å². The fourth-order valence-electron chi connectivity index (χ4n) is 4.30. The van der Waals surface area contributed by atoms with Crippen molar-refractivity contribution < 1.29 is 22.7 Å². The highest BCUT2D eigenvalue weighted by atomic mass is 19.4. The molecule has 0 radical (unpaired) electrons. The van der Waals surface area contributed by atoms with Crippen LogP contribution in [-0.4, -0.2) is 47.7 Å². The number of amides is 1. The number of carbonyl (C=O) groups is 1. The molecule has 1 saturated carbocycles. The smallest absolute Gasteiger partial charge is 0.381 e. The fraction of sp³-hybridized carbons (Fsp3) is 0.727. The topological polar surface area (TPSA) is 66.5 Å². The third-order valence-electron chi connectivity index (χ3n) is 5.87. The molecule has 174 valence electrons. The molecule has 2 atom stereocenters. The lowest BCUT2D eigenvalue weighted by Gasteiger charge is -2.32. The van der Waals surface area contributed by atoms with Crippen LogP contribution < -0.4 is 10.7 Å². The van der Waals surface area contributed by atoms with Crippen LogP contribution in [0.15, 0.2) is 12.3 Å². The maximum Gasteiger partial charge on any atom is 0.417 e. The molecular weight excluding hydrogens is 409 g/mol. The van der Waals surface area contributed by atoms with Gasteiger partial charge >= 0.3 is 6.18 Å². The van der Waals surface area contributed by atoms with Gasteiger partial charge in [-0.25, -0.2) is 0 Å². The highest BCUT2D eigenvalue weighted by Gasteiger charge is 2.36. The standard InChI is InChI=1S/C19H25F3N4O2.C3H8/c20-19(21,22)13-10-17-16(23-11-13)3-6-26(25-17)18(27)12-1-2-15(9-12)24-14-4-7-28-8-5-14;1-3-2/h10-12,14-15,24-25H,1-9H2;3H2,1-2H3/t12-,15?;/m0./s1. The second-order valence-corrected chi connectivity index (χ2v) is 8.54. The quantitative estimate of drug-likeness (QED) is 0.736. The zero-order valence-corrected chi connectivity index (χ0v) is 18.3. The number of hydrogen-bond donors (Lipinski definition) is 2. The number of ether oxygens (including phenoxy) is 1. The lowest BCUT2D eigenvalue weighted by molar-refractivity contribution is -0.137. The van der Waals surface area contributed by atoms with Crippen LogP contribution in [0, 0.1) is 5.92 Å². The first-order valence-corrected chi connectivity index (χ1v) is 11.3. The molecule has 9 heteroatoms. The minimum absolute atomic E-state index is 0.0423. The SMILES string of the molecule is CCC.O=C([C@H]1CCC(NC2CCOCC2)C1)N1CCc2ncc(C(F)(F)F)cc2N1. The fourth-order valence-corrected chi connectivity index (χ4v) is 4.30. The molecule has 3 heterocycles. The number of carbonyl (C=O) groups excluding carboxylic acids is 1. The van der Waals surface area contributed by atoms with Crippen LogP contribution in [0.25, 0.3) is 0 Å². The van der Waals surface area contributed by atoms with Crippen molar-refractivity contribution >= 4 is 11.6 Å². The largest absolute Gasteiger partial charge is 0.417 e. The zero-order valence-electron chi connectivity index (χ0n) is 18.3. The number of anilines is 1. The number of fused-ring (bicyclic) bond motifs is 1. The van der Waals surface area contributed by atoms with Crippen LogP contribution in [0.2, 0.25) is 0 Å². The van der Waals surface area contributed by atoms with Crippen molar-refractivity contribution in [3.05, 3.63) is 23.5 Å². The molecular formula is C22H33F3N4O2. The highest BCUT2D eigenvalue weighted by molar-refractivity contribution is 5.81. The Kier molecular flexibility index (Phi) is 8.16. The second kappa shape index (κ2) is 10.6. The second-order valence-electron chi connectivity index (χ2n) is 8.54. The summed E-state index contributed by atoms with van der Waals surface area (Å²) in [5, 5.41) is 5.10. The molecule has 0 bridgehead atoms. The molecule has 1 amide bonds. The van der Waals surface area contributed by atoms with Crippen LogP contribution in [-0.2, 0) is 22.1 Å². The maximum absolute atomic E-state index is 12.9. The van der Waals surface area contributed by atoms with E-state index in [0.29, 0.717) is 30.7 Å². The Morgan fingerprint density at radius 3 is 2.61 bits per heavy atom. The molecule has 31 heavy (non-hydrogen) atoms. The Morgan fingerprint density at radius 1 is 1.23 bits per heavy atom. The minimum atomic E-state index is -4.45. The molecule has 1 aliphatic carbocycles. The van der Waals surface area contributed by atoms with Crippen molar-refractivity contribution in [3.8, 4) is 0 Å². The van der Waals surface area contributed by atoms with E-state index in [-0.39, 0.29) is 17.5 Å². The molecule has 4 rings (SSSR count). The van der Waals surface area contributed by atoms with Gasteiger partial charge in [-0.3, -0.25) is 20.2 Å². The van der Waals surface area contributed by atoms with Crippen LogP contribution in [0.3, 0.4) is 0 Å². The molecule has 1 aromatic rings. The summed E-state index contributed by atoms with van der Waals surface area (Å²) in [6, 6.07) is 1.79. The molecule has 2 N–H and O–H groups in total. The first-order chi connectivity index (χ1) is 14.8. The molecule has 1 saturated heterocycles. The number of hydrazine groups is 1. The average Bonchev–Trinajstić information content (AvgIpc) is 3.21. The maximum atomic E-state index is 12.9. The number of nitrogens with one attached hydrogen (secondary N) is 2. The number of hydrogen-bond acceptors (Lipinski definition) is 5. The first kappa shape index (κ1) is 23.8. The van der Waals surface area contributed by atoms with Gasteiger partial charge in [-0.15, -0.1) is 0 Å². The van der Waals surface area contributed by atoms with Gasteiger partial charge in [-0.1, -0.05) is 20.3 Å². The van der Waals surface area contributed by atoms with Gasteiger partial charge in [0, 0.05) is 50.4 Å². The van der Waals surface area contributed by atoms with Crippen molar-refractivity contribution in [2.24, 2.45) is 5.92 Å². The van der Waals surface area contributed by atoms with Gasteiger partial charge in [-0.2, -0.15) is 13.2 Å². The number of aromatic nitrogens is 1. The van der Waals surface area contributed by atoms with E-state index < -0.39 is 11.7 Å². The van der Waals surface area contributed by atoms with E-state index in [1.807, 2.05) is 0 Å². The third kappa shape index (κ3) is 6.32. The molecule has 3 aliphatic rings. The monoisotopic (exact) mass is 442 g/mol. The molecule has 2 fully saturated rings. The van der Waals surface area contributed by atoms with Crippen LogP contribution in [0.5, 0.6) is 0 Å². The van der Waals surface area contributed by atoms with Gasteiger partial charge < -0.3 is 10.1 Å². The Bertz CT molecular complexity index is 738. The lowest BCUT2D eigenvalue weighted by atomic mass is 10.0. The number of nitrogens with zero attached hydrogens (tertiary/aromatic N) is 2. The van der Waals surface area contributed by atoms with E-state index in [0.717, 1.165) is 57.6 Å². The third-order valence-corrected chi connectivity index (χ3v) is 5.87. The van der Waals surface area contributed by atoms with Gasteiger partial charge in [-0.05, 0) is 38.2 Å². The first-order valence-electron chi connectivity index (χ1n) is 11.3. The van der Waals surface area contributed by atoms with Crippen molar-refractivity contribution in [3.63, 3.8) is 0 Å². The zero-order chi connectivity index (χ0) is 22.4. The Morgan fingerprint density at radius 2 is 1.94 bits per heavy atom. The minimum Gasteiger partial charge on any atom is -0.381 e. The Labute approximate surface area is 181 Å². The van der Waals surface area contributed by atoms with Gasteiger partial charge in [0.1, 0.15) is 0 Å². The molecule has 6 nitrogen and oxygen atoms in total. The van der Waals surface area contributed by atoms with E-state index in [9.17, 15) is 18.0 Å². The predicted molar refractivity (Wildman–Crippen MR) is 112 cm³/mol. The van der Waals surface area contributed by atoms with E-state index in [4.69, 9.17) is 4.74 Å². The van der Waals surface area contributed by atoms with Crippen molar-refractivity contribution in [2.75, 3.05) is 25.2 Å². The Balaban J connectivity index is 0.000000858. The summed E-state index contributed by atoms with van der Waals surface area (Å²) in [6.45, 7) is 6.22. The summed E-state index contributed by atoms with van der Waals surface area (Å²) in [7, 11) is 0. The molecule has 2 aliphatic heterocycles. The number of rotatable bonds is 3. The van der Waals surface area contributed by atoms with Gasteiger partial charge in [0.2, 0.25) is 5.91 Å².